The Morgan fingerprint density at radius 1 is 1.36 bits per heavy atom. The van der Waals surface area contributed by atoms with Crippen LogP contribution in [0.1, 0.15) is 38.5 Å². The number of hydroxylamine groups is 2. The van der Waals surface area contributed by atoms with Crippen LogP contribution in [0.2, 0.25) is 0 Å². The molecule has 1 aliphatic rings. The first-order chi connectivity index (χ1) is 6.72. The average Bonchev–Trinajstić information content (AvgIpc) is 2.29. The van der Waals surface area contributed by atoms with E-state index in [1.165, 1.54) is 25.7 Å². The molecule has 0 radical (unpaired) electrons. The molecule has 14 heavy (non-hydrogen) atoms. The Morgan fingerprint density at radius 3 is 2.86 bits per heavy atom. The summed E-state index contributed by atoms with van der Waals surface area (Å²) in [6.07, 6.45) is 11.3. The normalized spacial score (nSPS) is 26.7. The highest BCUT2D eigenvalue weighted by molar-refractivity contribution is 4.87. The Hall–Kier alpha value is -0.380. The van der Waals surface area contributed by atoms with Crippen LogP contribution >= 0.6 is 0 Å². The van der Waals surface area contributed by atoms with Gasteiger partial charge in [-0.25, -0.2) is 0 Å². The molecule has 0 bridgehead atoms. The van der Waals surface area contributed by atoms with Crippen molar-refractivity contribution in [3.8, 4) is 0 Å². The van der Waals surface area contributed by atoms with E-state index in [0.29, 0.717) is 5.92 Å². The van der Waals surface area contributed by atoms with Crippen LogP contribution < -0.4 is 5.73 Å². The zero-order chi connectivity index (χ0) is 10.4. The maximum atomic E-state index is 9.29. The fraction of sp³-hybridized carbons (Fsp3) is 0.818. The van der Waals surface area contributed by atoms with Gasteiger partial charge < -0.3 is 10.9 Å². The van der Waals surface area contributed by atoms with Crippen molar-refractivity contribution in [2.75, 3.05) is 7.05 Å². The lowest BCUT2D eigenvalue weighted by Gasteiger charge is -2.26. The lowest BCUT2D eigenvalue weighted by molar-refractivity contribution is -0.117. The zero-order valence-corrected chi connectivity index (χ0v) is 9.02. The van der Waals surface area contributed by atoms with Crippen LogP contribution in [0.15, 0.2) is 12.2 Å². The summed E-state index contributed by atoms with van der Waals surface area (Å²) in [5.74, 6) is 0.388. The second-order valence-corrected chi connectivity index (χ2v) is 4.17. The quantitative estimate of drug-likeness (QED) is 0.406. The third-order valence-electron chi connectivity index (χ3n) is 2.97. The topological polar surface area (TPSA) is 49.5 Å². The minimum Gasteiger partial charge on any atom is -0.314 e. The van der Waals surface area contributed by atoms with Crippen LogP contribution in [-0.2, 0) is 0 Å². The van der Waals surface area contributed by atoms with Crippen molar-refractivity contribution in [2.24, 2.45) is 11.7 Å². The van der Waals surface area contributed by atoms with Gasteiger partial charge in [-0.3, -0.25) is 0 Å². The molecule has 0 saturated heterocycles. The van der Waals surface area contributed by atoms with Crippen molar-refractivity contribution in [3.05, 3.63) is 12.2 Å². The molecule has 1 rings (SSSR count). The minimum atomic E-state index is -0.224. The van der Waals surface area contributed by atoms with Crippen molar-refractivity contribution >= 4 is 0 Å². The molecule has 3 nitrogen and oxygen atoms in total. The molecule has 2 atom stereocenters. The van der Waals surface area contributed by atoms with E-state index >= 15 is 0 Å². The summed E-state index contributed by atoms with van der Waals surface area (Å²) >= 11 is 0. The Morgan fingerprint density at radius 2 is 2.14 bits per heavy atom. The highest BCUT2D eigenvalue weighted by Gasteiger charge is 2.19. The van der Waals surface area contributed by atoms with Gasteiger partial charge in [0.1, 0.15) is 0 Å². The molecule has 1 aliphatic carbocycles. The molecule has 0 aliphatic heterocycles. The van der Waals surface area contributed by atoms with E-state index in [0.717, 1.165) is 17.9 Å². The van der Waals surface area contributed by atoms with Crippen molar-refractivity contribution in [2.45, 2.75) is 44.7 Å². The third kappa shape index (κ3) is 3.78. The molecule has 0 aromatic rings. The summed E-state index contributed by atoms with van der Waals surface area (Å²) in [7, 11) is 1.63. The Bertz CT molecular complexity index is 180. The number of nitrogens with two attached hydrogens (primary N) is 1. The number of hydrogen-bond acceptors (Lipinski definition) is 3. The second-order valence-electron chi connectivity index (χ2n) is 4.17. The largest absolute Gasteiger partial charge is 0.314 e. The van der Waals surface area contributed by atoms with Gasteiger partial charge in [-0.1, -0.05) is 25.0 Å². The molecular formula is C11H22N2O. The molecule has 0 aromatic carbocycles. The molecule has 3 N–H and O–H groups in total. The highest BCUT2D eigenvalue weighted by Crippen LogP contribution is 2.20. The van der Waals surface area contributed by atoms with Gasteiger partial charge in [0.05, 0.1) is 6.17 Å². The lowest BCUT2D eigenvalue weighted by atomic mass is 9.95. The van der Waals surface area contributed by atoms with E-state index in [9.17, 15) is 5.21 Å². The molecule has 0 heterocycles. The van der Waals surface area contributed by atoms with Crippen molar-refractivity contribution < 1.29 is 5.21 Å². The maximum Gasteiger partial charge on any atom is 0.0844 e. The van der Waals surface area contributed by atoms with Crippen LogP contribution in [0.25, 0.3) is 0 Å². The Labute approximate surface area is 86.5 Å². The molecule has 0 amide bonds. The fourth-order valence-electron chi connectivity index (χ4n) is 1.97. The van der Waals surface area contributed by atoms with Gasteiger partial charge in [0.15, 0.2) is 0 Å². The molecular weight excluding hydrogens is 176 g/mol. The first-order valence-electron chi connectivity index (χ1n) is 5.54. The van der Waals surface area contributed by atoms with Crippen LogP contribution in [0, 0.1) is 5.92 Å². The summed E-state index contributed by atoms with van der Waals surface area (Å²) in [6, 6.07) is 0. The van der Waals surface area contributed by atoms with Crippen molar-refractivity contribution in [3.63, 3.8) is 0 Å². The summed E-state index contributed by atoms with van der Waals surface area (Å²) in [6.45, 7) is 0. The van der Waals surface area contributed by atoms with Gasteiger partial charge in [-0.15, -0.1) is 0 Å². The van der Waals surface area contributed by atoms with Crippen LogP contribution in [0.5, 0.6) is 0 Å². The molecule has 2 unspecified atom stereocenters. The molecule has 3 heteroatoms. The monoisotopic (exact) mass is 198 g/mol. The number of allylic oxidation sites excluding steroid dienone is 2. The zero-order valence-electron chi connectivity index (χ0n) is 9.02. The van der Waals surface area contributed by atoms with Crippen molar-refractivity contribution in [1.29, 1.82) is 0 Å². The summed E-state index contributed by atoms with van der Waals surface area (Å²) in [5.41, 5.74) is 5.90. The first kappa shape index (κ1) is 11.7. The summed E-state index contributed by atoms with van der Waals surface area (Å²) in [5, 5.41) is 10.4. The van der Waals surface area contributed by atoms with E-state index in [-0.39, 0.29) is 6.17 Å². The van der Waals surface area contributed by atoms with Gasteiger partial charge >= 0.3 is 0 Å². The predicted molar refractivity (Wildman–Crippen MR) is 57.9 cm³/mol. The van der Waals surface area contributed by atoms with Gasteiger partial charge in [-0.2, -0.15) is 5.06 Å². The van der Waals surface area contributed by atoms with Crippen LogP contribution in [-0.4, -0.2) is 23.5 Å². The molecule has 82 valence electrons. The Kier molecular flexibility index (Phi) is 5.15. The lowest BCUT2D eigenvalue weighted by Crippen LogP contribution is -2.43. The second kappa shape index (κ2) is 6.17. The Balaban J connectivity index is 2.47. The van der Waals surface area contributed by atoms with Crippen molar-refractivity contribution in [1.82, 2.24) is 5.06 Å². The number of hydrogen-bond donors (Lipinski definition) is 2. The number of rotatable bonds is 2. The molecule has 0 fully saturated rings. The van der Waals surface area contributed by atoms with E-state index in [2.05, 4.69) is 12.2 Å². The SMILES string of the molecule is CN(O)C(N)C1CC=CCCCCC1. The fourth-order valence-corrected chi connectivity index (χ4v) is 1.97. The smallest absolute Gasteiger partial charge is 0.0844 e. The molecule has 0 saturated carbocycles. The highest BCUT2D eigenvalue weighted by atomic mass is 16.5. The minimum absolute atomic E-state index is 0.224. The number of nitrogens with zero attached hydrogens (tertiary/aromatic N) is 1. The van der Waals surface area contributed by atoms with E-state index in [1.54, 1.807) is 7.05 Å². The predicted octanol–water partition coefficient (Wildman–Crippen LogP) is 2.12. The van der Waals surface area contributed by atoms with Gasteiger partial charge in [-0.05, 0) is 31.6 Å². The summed E-state index contributed by atoms with van der Waals surface area (Å²) < 4.78 is 0. The molecule has 0 aromatic heterocycles. The van der Waals surface area contributed by atoms with E-state index in [4.69, 9.17) is 5.73 Å². The average molecular weight is 198 g/mol. The molecule has 0 spiro atoms. The first-order valence-corrected chi connectivity index (χ1v) is 5.54. The van der Waals surface area contributed by atoms with Gasteiger partial charge in [0.2, 0.25) is 0 Å². The maximum absolute atomic E-state index is 9.29. The van der Waals surface area contributed by atoms with E-state index < -0.39 is 0 Å². The third-order valence-corrected chi connectivity index (χ3v) is 2.97. The van der Waals surface area contributed by atoms with Gasteiger partial charge in [0.25, 0.3) is 0 Å². The standard InChI is InChI=1S/C11H22N2O/c1-13(14)11(12)10-8-6-4-2-3-5-7-9-10/h4,6,10-11,14H,2-3,5,7-9,12H2,1H3. The van der Waals surface area contributed by atoms with Crippen LogP contribution in [0.4, 0.5) is 0 Å². The van der Waals surface area contributed by atoms with E-state index in [1.807, 2.05) is 0 Å². The van der Waals surface area contributed by atoms with Crippen LogP contribution in [0.3, 0.4) is 0 Å². The summed E-state index contributed by atoms with van der Waals surface area (Å²) in [4.78, 5) is 0. The van der Waals surface area contributed by atoms with Gasteiger partial charge in [0, 0.05) is 7.05 Å².